The Hall–Kier alpha value is -2.85. The average Bonchev–Trinajstić information content (AvgIpc) is 2.95. The highest BCUT2D eigenvalue weighted by atomic mass is 16.7. The van der Waals surface area contributed by atoms with Crippen LogP contribution in [0.4, 0.5) is 0 Å². The molecule has 122 valence electrons. The number of carbonyl (C=O) groups excluding carboxylic acids is 1. The van der Waals surface area contributed by atoms with E-state index in [1.807, 2.05) is 61.5 Å². The number of hydrogen-bond donors (Lipinski definition) is 1. The topological polar surface area (TPSA) is 49.8 Å². The van der Waals surface area contributed by atoms with Crippen LogP contribution in [0.1, 0.15) is 18.1 Å². The Labute approximate surface area is 141 Å². The van der Waals surface area contributed by atoms with E-state index in [9.17, 15) is 9.90 Å². The van der Waals surface area contributed by atoms with Gasteiger partial charge >= 0.3 is 0 Å². The van der Waals surface area contributed by atoms with Crippen LogP contribution in [0.2, 0.25) is 0 Å². The minimum atomic E-state index is -0.290. The number of nitrogens with zero attached hydrogens (tertiary/aromatic N) is 1. The van der Waals surface area contributed by atoms with Crippen molar-refractivity contribution in [3.63, 3.8) is 0 Å². The predicted molar refractivity (Wildman–Crippen MR) is 92.8 cm³/mol. The molecule has 0 saturated heterocycles. The molecule has 1 atom stereocenters. The van der Waals surface area contributed by atoms with Gasteiger partial charge in [-0.3, -0.25) is 4.79 Å². The number of aromatic hydroxyl groups is 1. The van der Waals surface area contributed by atoms with Gasteiger partial charge in [-0.2, -0.15) is 0 Å². The number of phenolic OH excluding ortho intramolecular Hbond substituents is 1. The second-order valence-electron chi connectivity index (χ2n) is 5.53. The first-order valence-electron chi connectivity index (χ1n) is 7.83. The van der Waals surface area contributed by atoms with E-state index in [-0.39, 0.29) is 11.8 Å². The summed E-state index contributed by atoms with van der Waals surface area (Å²) in [5.74, 6) is 0.769. The summed E-state index contributed by atoms with van der Waals surface area (Å²) in [6.07, 6.45) is 4.65. The Bertz CT molecular complexity index is 780. The molecule has 0 spiro atoms. The van der Waals surface area contributed by atoms with E-state index in [1.54, 1.807) is 17.2 Å². The summed E-state index contributed by atoms with van der Waals surface area (Å²) in [6.45, 7) is 2.27. The number of benzene rings is 2. The summed E-state index contributed by atoms with van der Waals surface area (Å²) in [7, 11) is 0. The first-order chi connectivity index (χ1) is 11.7. The van der Waals surface area contributed by atoms with E-state index in [0.717, 1.165) is 17.4 Å². The van der Waals surface area contributed by atoms with Crippen molar-refractivity contribution >= 4 is 12.0 Å². The van der Waals surface area contributed by atoms with Gasteiger partial charge in [0.2, 0.25) is 0 Å². The molecule has 1 N–H and O–H groups in total. The number of carbonyl (C=O) groups is 1. The molecule has 0 aliphatic carbocycles. The summed E-state index contributed by atoms with van der Waals surface area (Å²) >= 11 is 0. The summed E-state index contributed by atoms with van der Waals surface area (Å²) < 4.78 is 0. The van der Waals surface area contributed by atoms with Crippen molar-refractivity contribution in [2.75, 3.05) is 0 Å². The van der Waals surface area contributed by atoms with Crippen LogP contribution < -0.4 is 0 Å². The Morgan fingerprint density at radius 2 is 1.83 bits per heavy atom. The van der Waals surface area contributed by atoms with Crippen LogP contribution in [0.25, 0.3) is 5.76 Å². The summed E-state index contributed by atoms with van der Waals surface area (Å²) in [6, 6.07) is 16.4. The molecule has 24 heavy (non-hydrogen) atoms. The van der Waals surface area contributed by atoms with Gasteiger partial charge in [0.25, 0.3) is 0 Å². The van der Waals surface area contributed by atoms with Gasteiger partial charge in [0, 0.05) is 11.1 Å². The second-order valence-corrected chi connectivity index (χ2v) is 5.53. The maximum absolute atomic E-state index is 11.7. The van der Waals surface area contributed by atoms with E-state index in [2.05, 4.69) is 0 Å². The van der Waals surface area contributed by atoms with Crippen molar-refractivity contribution in [1.29, 1.82) is 0 Å². The third-order valence-corrected chi connectivity index (χ3v) is 3.96. The molecular weight excluding hydrogens is 302 g/mol. The molecule has 1 aliphatic rings. The molecule has 0 bridgehead atoms. The van der Waals surface area contributed by atoms with Gasteiger partial charge in [0.05, 0.1) is 18.2 Å². The Morgan fingerprint density at radius 3 is 2.50 bits per heavy atom. The monoisotopic (exact) mass is 321 g/mol. The van der Waals surface area contributed by atoms with E-state index in [0.29, 0.717) is 17.9 Å². The van der Waals surface area contributed by atoms with Gasteiger partial charge in [-0.25, -0.2) is 0 Å². The molecule has 0 fully saturated rings. The van der Waals surface area contributed by atoms with Gasteiger partial charge in [0.15, 0.2) is 12.0 Å². The third kappa shape index (κ3) is 3.09. The van der Waals surface area contributed by atoms with Gasteiger partial charge in [-0.05, 0) is 13.0 Å². The Morgan fingerprint density at radius 1 is 1.12 bits per heavy atom. The molecule has 2 aromatic carbocycles. The number of rotatable bonds is 5. The smallest absolute Gasteiger partial charge is 0.163 e. The zero-order valence-corrected chi connectivity index (χ0v) is 13.4. The molecule has 3 rings (SSSR count). The summed E-state index contributed by atoms with van der Waals surface area (Å²) in [4.78, 5) is 17.7. The van der Waals surface area contributed by atoms with Crippen LogP contribution >= 0.6 is 0 Å². The molecule has 0 aromatic heterocycles. The van der Waals surface area contributed by atoms with Gasteiger partial charge in [-0.1, -0.05) is 60.7 Å². The Balaban J connectivity index is 1.95. The standard InChI is InChI=1S/C20H19NO3/c1-2-8-18-17(14-22)20(15-9-4-3-5-10-15)24-21(18)13-16-11-6-7-12-19(16)23/h2-12,14,18,23H,13H2,1H3/b8-2+. The largest absolute Gasteiger partial charge is 0.508 e. The highest BCUT2D eigenvalue weighted by molar-refractivity contribution is 5.89. The normalized spacial score (nSPS) is 18.1. The van der Waals surface area contributed by atoms with Crippen LogP contribution in [-0.4, -0.2) is 22.5 Å². The molecule has 2 aromatic rings. The molecular formula is C20H19NO3. The molecule has 0 saturated carbocycles. The van der Waals surface area contributed by atoms with Crippen molar-refractivity contribution in [1.82, 2.24) is 5.06 Å². The van der Waals surface area contributed by atoms with Crippen LogP contribution in [-0.2, 0) is 16.2 Å². The van der Waals surface area contributed by atoms with Crippen molar-refractivity contribution < 1.29 is 14.7 Å². The lowest BCUT2D eigenvalue weighted by molar-refractivity contribution is -0.107. The van der Waals surface area contributed by atoms with E-state index in [4.69, 9.17) is 4.84 Å². The van der Waals surface area contributed by atoms with Gasteiger partial charge in [-0.15, -0.1) is 5.06 Å². The second kappa shape index (κ2) is 7.15. The fourth-order valence-corrected chi connectivity index (χ4v) is 2.77. The molecule has 4 nitrogen and oxygen atoms in total. The van der Waals surface area contributed by atoms with Crippen LogP contribution in [0.5, 0.6) is 5.75 Å². The molecule has 1 heterocycles. The number of allylic oxidation sites excluding steroid dienone is 1. The van der Waals surface area contributed by atoms with Gasteiger partial charge < -0.3 is 9.94 Å². The fourth-order valence-electron chi connectivity index (χ4n) is 2.77. The molecule has 0 radical (unpaired) electrons. The third-order valence-electron chi connectivity index (χ3n) is 3.96. The highest BCUT2D eigenvalue weighted by Gasteiger charge is 2.34. The Kier molecular flexibility index (Phi) is 4.77. The first kappa shape index (κ1) is 16.0. The van der Waals surface area contributed by atoms with E-state index >= 15 is 0 Å². The van der Waals surface area contributed by atoms with E-state index in [1.165, 1.54) is 0 Å². The predicted octanol–water partition coefficient (Wildman–Crippen LogP) is 3.69. The zero-order chi connectivity index (χ0) is 16.9. The SMILES string of the molecule is C/C=C/C1C(C=O)=C(c2ccccc2)ON1Cc1ccccc1O. The lowest BCUT2D eigenvalue weighted by atomic mass is 10.0. The van der Waals surface area contributed by atoms with Crippen molar-refractivity contribution in [3.8, 4) is 5.75 Å². The maximum atomic E-state index is 11.7. The number of phenols is 1. The van der Waals surface area contributed by atoms with E-state index < -0.39 is 0 Å². The average molecular weight is 321 g/mol. The quantitative estimate of drug-likeness (QED) is 0.674. The van der Waals surface area contributed by atoms with Gasteiger partial charge in [0.1, 0.15) is 5.75 Å². The molecule has 1 aliphatic heterocycles. The number of hydroxylamine groups is 2. The molecule has 4 heteroatoms. The minimum absolute atomic E-state index is 0.209. The summed E-state index contributed by atoms with van der Waals surface area (Å²) in [5.41, 5.74) is 2.18. The molecule has 0 amide bonds. The first-order valence-corrected chi connectivity index (χ1v) is 7.83. The van der Waals surface area contributed by atoms with Crippen LogP contribution in [0, 0.1) is 0 Å². The number of para-hydroxylation sites is 1. The number of hydrogen-bond acceptors (Lipinski definition) is 4. The minimum Gasteiger partial charge on any atom is -0.508 e. The zero-order valence-electron chi connectivity index (χ0n) is 13.4. The lowest BCUT2D eigenvalue weighted by Gasteiger charge is -2.22. The highest BCUT2D eigenvalue weighted by Crippen LogP contribution is 2.34. The number of aldehydes is 1. The van der Waals surface area contributed by atoms with Crippen molar-refractivity contribution in [2.45, 2.75) is 19.5 Å². The fraction of sp³-hybridized carbons (Fsp3) is 0.150. The van der Waals surface area contributed by atoms with Crippen molar-refractivity contribution in [2.24, 2.45) is 0 Å². The lowest BCUT2D eigenvalue weighted by Crippen LogP contribution is -2.29. The summed E-state index contributed by atoms with van der Waals surface area (Å²) in [5, 5.41) is 11.7. The van der Waals surface area contributed by atoms with Crippen LogP contribution in [0.15, 0.2) is 72.3 Å². The van der Waals surface area contributed by atoms with Crippen molar-refractivity contribution in [3.05, 3.63) is 83.4 Å². The molecule has 1 unspecified atom stereocenters. The van der Waals surface area contributed by atoms with Crippen LogP contribution in [0.3, 0.4) is 0 Å². The maximum Gasteiger partial charge on any atom is 0.163 e.